The molecule has 1 aromatic rings. The number of hydrogen-bond acceptors (Lipinski definition) is 4. The fourth-order valence-electron chi connectivity index (χ4n) is 2.65. The summed E-state index contributed by atoms with van der Waals surface area (Å²) in [5, 5.41) is 11.3. The van der Waals surface area contributed by atoms with Crippen LogP contribution in [0.25, 0.3) is 0 Å². The molecule has 0 aliphatic carbocycles. The summed E-state index contributed by atoms with van der Waals surface area (Å²) < 4.78 is 17.7. The molecular formula is C20H34O4Si. The van der Waals surface area contributed by atoms with E-state index >= 15 is 0 Å². The number of benzene rings is 1. The summed E-state index contributed by atoms with van der Waals surface area (Å²) in [6.07, 6.45) is 0.772. The van der Waals surface area contributed by atoms with Crippen molar-refractivity contribution >= 4 is 8.32 Å². The zero-order valence-electron chi connectivity index (χ0n) is 16.8. The third kappa shape index (κ3) is 4.92. The Labute approximate surface area is 153 Å². The van der Waals surface area contributed by atoms with Gasteiger partial charge in [-0.3, -0.25) is 0 Å². The minimum absolute atomic E-state index is 0.196. The van der Waals surface area contributed by atoms with Gasteiger partial charge in [0.1, 0.15) is 5.60 Å². The SMILES string of the molecule is CC1(C)OCC(O)(c2ccccc2CCO[Si](C)(C)C(C)(C)C)CO1. The van der Waals surface area contributed by atoms with Crippen molar-refractivity contribution in [2.75, 3.05) is 19.8 Å². The van der Waals surface area contributed by atoms with E-state index in [2.05, 4.69) is 39.9 Å². The lowest BCUT2D eigenvalue weighted by atomic mass is 9.89. The molecule has 1 heterocycles. The van der Waals surface area contributed by atoms with Crippen LogP contribution in [0.3, 0.4) is 0 Å². The first kappa shape index (κ1) is 20.6. The van der Waals surface area contributed by atoms with Crippen molar-refractivity contribution in [3.8, 4) is 0 Å². The van der Waals surface area contributed by atoms with E-state index in [9.17, 15) is 5.11 Å². The summed E-state index contributed by atoms with van der Waals surface area (Å²) >= 11 is 0. The molecule has 1 saturated heterocycles. The molecule has 0 unspecified atom stereocenters. The van der Waals surface area contributed by atoms with Crippen LogP contribution >= 0.6 is 0 Å². The summed E-state index contributed by atoms with van der Waals surface area (Å²) in [5.74, 6) is -0.646. The van der Waals surface area contributed by atoms with Crippen molar-refractivity contribution in [1.82, 2.24) is 0 Å². The molecule has 0 aromatic heterocycles. The minimum Gasteiger partial charge on any atom is -0.416 e. The average Bonchev–Trinajstić information content (AvgIpc) is 2.50. The summed E-state index contributed by atoms with van der Waals surface area (Å²) in [7, 11) is -1.77. The van der Waals surface area contributed by atoms with E-state index in [1.54, 1.807) is 0 Å². The number of aliphatic hydroxyl groups is 1. The Morgan fingerprint density at radius 1 is 1.12 bits per heavy atom. The molecule has 0 radical (unpaired) electrons. The number of hydrogen-bond donors (Lipinski definition) is 1. The van der Waals surface area contributed by atoms with Gasteiger partial charge in [0.05, 0.1) is 13.2 Å². The van der Waals surface area contributed by atoms with Crippen LogP contribution < -0.4 is 0 Å². The second kappa shape index (κ2) is 7.12. The second-order valence-electron chi connectivity index (χ2n) is 9.02. The van der Waals surface area contributed by atoms with Crippen LogP contribution in [0.5, 0.6) is 0 Å². The summed E-state index contributed by atoms with van der Waals surface area (Å²) in [4.78, 5) is 0. The maximum Gasteiger partial charge on any atom is 0.191 e. The summed E-state index contributed by atoms with van der Waals surface area (Å²) in [6, 6.07) is 7.98. The monoisotopic (exact) mass is 366 g/mol. The lowest BCUT2D eigenvalue weighted by molar-refractivity contribution is -0.305. The Morgan fingerprint density at radius 2 is 1.68 bits per heavy atom. The Morgan fingerprint density at radius 3 is 2.24 bits per heavy atom. The third-order valence-electron chi connectivity index (χ3n) is 5.48. The zero-order chi connectivity index (χ0) is 18.9. The van der Waals surface area contributed by atoms with Crippen molar-refractivity contribution in [3.05, 3.63) is 35.4 Å². The molecule has 4 nitrogen and oxygen atoms in total. The Kier molecular flexibility index (Phi) is 5.86. The van der Waals surface area contributed by atoms with Gasteiger partial charge in [0.15, 0.2) is 14.1 Å². The van der Waals surface area contributed by atoms with Crippen molar-refractivity contribution < 1.29 is 19.0 Å². The van der Waals surface area contributed by atoms with E-state index < -0.39 is 19.7 Å². The highest BCUT2D eigenvalue weighted by Crippen LogP contribution is 2.37. The second-order valence-corrected chi connectivity index (χ2v) is 13.8. The van der Waals surface area contributed by atoms with Gasteiger partial charge in [-0.05, 0) is 49.5 Å². The van der Waals surface area contributed by atoms with E-state index in [4.69, 9.17) is 13.9 Å². The van der Waals surface area contributed by atoms with Crippen molar-refractivity contribution in [2.24, 2.45) is 0 Å². The molecule has 0 spiro atoms. The molecule has 0 amide bonds. The number of rotatable bonds is 5. The standard InChI is InChI=1S/C20H34O4Si/c1-18(2,3)25(6,7)24-13-12-16-10-8-9-11-17(16)20(21)14-22-19(4,5)23-15-20/h8-11,21H,12-15H2,1-7H3. The van der Waals surface area contributed by atoms with E-state index in [-0.39, 0.29) is 18.3 Å². The number of ether oxygens (including phenoxy) is 2. The van der Waals surface area contributed by atoms with Crippen LogP contribution in [0.4, 0.5) is 0 Å². The molecule has 5 heteroatoms. The first-order chi connectivity index (χ1) is 11.4. The fourth-order valence-corrected chi connectivity index (χ4v) is 3.70. The van der Waals surface area contributed by atoms with Crippen LogP contribution in [-0.4, -0.2) is 39.0 Å². The van der Waals surface area contributed by atoms with Crippen LogP contribution in [0, 0.1) is 0 Å². The van der Waals surface area contributed by atoms with Crippen LogP contribution in [-0.2, 0) is 25.9 Å². The molecule has 1 aliphatic rings. The van der Waals surface area contributed by atoms with Crippen LogP contribution in [0.1, 0.15) is 45.7 Å². The molecule has 1 fully saturated rings. The van der Waals surface area contributed by atoms with Gasteiger partial charge in [-0.1, -0.05) is 45.0 Å². The Bertz CT molecular complexity index is 580. The Balaban J connectivity index is 2.09. The van der Waals surface area contributed by atoms with Gasteiger partial charge in [0.25, 0.3) is 0 Å². The van der Waals surface area contributed by atoms with Crippen LogP contribution in [0.15, 0.2) is 24.3 Å². The smallest absolute Gasteiger partial charge is 0.191 e. The van der Waals surface area contributed by atoms with Gasteiger partial charge < -0.3 is 19.0 Å². The predicted molar refractivity (Wildman–Crippen MR) is 103 cm³/mol. The van der Waals surface area contributed by atoms with Crippen molar-refractivity contribution in [2.45, 2.75) is 70.6 Å². The molecule has 0 atom stereocenters. The molecule has 142 valence electrons. The largest absolute Gasteiger partial charge is 0.416 e. The average molecular weight is 367 g/mol. The van der Waals surface area contributed by atoms with Gasteiger partial charge in [0, 0.05) is 6.61 Å². The fraction of sp³-hybridized carbons (Fsp3) is 0.700. The summed E-state index contributed by atoms with van der Waals surface area (Å²) in [6.45, 7) is 16.1. The topological polar surface area (TPSA) is 47.9 Å². The minimum atomic E-state index is -1.77. The summed E-state index contributed by atoms with van der Waals surface area (Å²) in [5.41, 5.74) is 0.864. The van der Waals surface area contributed by atoms with Crippen LogP contribution in [0.2, 0.25) is 18.1 Å². The molecular weight excluding hydrogens is 332 g/mol. The molecule has 25 heavy (non-hydrogen) atoms. The lowest BCUT2D eigenvalue weighted by Crippen LogP contribution is -2.49. The molecule has 1 aliphatic heterocycles. The van der Waals surface area contributed by atoms with Gasteiger partial charge in [-0.25, -0.2) is 0 Å². The molecule has 0 bridgehead atoms. The lowest BCUT2D eigenvalue weighted by Gasteiger charge is -2.41. The van der Waals surface area contributed by atoms with E-state index in [1.165, 1.54) is 0 Å². The molecule has 2 rings (SSSR count). The van der Waals surface area contributed by atoms with Crippen molar-refractivity contribution in [3.63, 3.8) is 0 Å². The quantitative estimate of drug-likeness (QED) is 0.793. The van der Waals surface area contributed by atoms with Gasteiger partial charge in [-0.2, -0.15) is 0 Å². The van der Waals surface area contributed by atoms with Crippen molar-refractivity contribution in [1.29, 1.82) is 0 Å². The van der Waals surface area contributed by atoms with E-state index in [0.717, 1.165) is 17.5 Å². The third-order valence-corrected chi connectivity index (χ3v) is 10.0. The van der Waals surface area contributed by atoms with E-state index in [1.807, 2.05) is 32.0 Å². The highest BCUT2D eigenvalue weighted by Gasteiger charge is 2.41. The molecule has 0 saturated carbocycles. The zero-order valence-corrected chi connectivity index (χ0v) is 17.8. The first-order valence-corrected chi connectivity index (χ1v) is 12.0. The Hall–Kier alpha value is -0.723. The highest BCUT2D eigenvalue weighted by atomic mass is 28.4. The maximum atomic E-state index is 11.1. The van der Waals surface area contributed by atoms with Gasteiger partial charge >= 0.3 is 0 Å². The van der Waals surface area contributed by atoms with Gasteiger partial charge in [-0.15, -0.1) is 0 Å². The van der Waals surface area contributed by atoms with E-state index in [0.29, 0.717) is 6.61 Å². The predicted octanol–water partition coefficient (Wildman–Crippen LogP) is 4.22. The van der Waals surface area contributed by atoms with Gasteiger partial charge in [0.2, 0.25) is 0 Å². The highest BCUT2D eigenvalue weighted by molar-refractivity contribution is 6.74. The normalized spacial score (nSPS) is 20.5. The maximum absolute atomic E-state index is 11.1. The first-order valence-electron chi connectivity index (χ1n) is 9.09. The molecule has 1 N–H and O–H groups in total. The molecule has 1 aromatic carbocycles.